The Labute approximate surface area is 187 Å². The van der Waals surface area contributed by atoms with E-state index in [-0.39, 0.29) is 23.3 Å². The summed E-state index contributed by atoms with van der Waals surface area (Å²) in [4.78, 5) is 16.0. The second-order valence-corrected chi connectivity index (χ2v) is 8.06. The minimum Gasteiger partial charge on any atom is -0.494 e. The average molecular weight is 464 g/mol. The largest absolute Gasteiger partial charge is 0.494 e. The summed E-state index contributed by atoms with van der Waals surface area (Å²) in [6, 6.07) is 6.52. The Kier molecular flexibility index (Phi) is 6.26. The molecule has 0 spiro atoms. The van der Waals surface area contributed by atoms with E-state index < -0.39 is 24.1 Å². The molecular weight excluding hydrogens is 441 g/mol. The van der Waals surface area contributed by atoms with Gasteiger partial charge in [-0.25, -0.2) is 4.98 Å². The molecule has 1 saturated carbocycles. The molecule has 0 aliphatic heterocycles. The molecule has 1 fully saturated rings. The fourth-order valence-electron chi connectivity index (χ4n) is 4.09. The zero-order chi connectivity index (χ0) is 23.8. The number of alkyl halides is 3. The normalized spacial score (nSPS) is 19.1. The van der Waals surface area contributed by atoms with E-state index in [0.717, 1.165) is 25.0 Å². The highest BCUT2D eigenvalue weighted by molar-refractivity contribution is 6.05. The number of hydrogen-bond acceptors (Lipinski definition) is 6. The second-order valence-electron chi connectivity index (χ2n) is 8.06. The van der Waals surface area contributed by atoms with Gasteiger partial charge in [-0.05, 0) is 43.9 Å². The summed E-state index contributed by atoms with van der Waals surface area (Å²) in [5, 5.41) is 26.6. The first-order valence-corrected chi connectivity index (χ1v) is 10.4. The Bertz CT molecular complexity index is 1150. The minimum absolute atomic E-state index is 0.103. The highest BCUT2D eigenvalue weighted by Gasteiger charge is 2.33. The van der Waals surface area contributed by atoms with E-state index in [1.54, 1.807) is 12.1 Å². The van der Waals surface area contributed by atoms with Crippen LogP contribution in [0.4, 0.5) is 18.9 Å². The zero-order valence-electron chi connectivity index (χ0n) is 17.7. The number of hydrogen-bond donors (Lipinski definition) is 3. The topological polar surface area (TPSA) is 110 Å². The molecule has 2 heterocycles. The molecule has 0 bridgehead atoms. The van der Waals surface area contributed by atoms with E-state index >= 15 is 0 Å². The van der Waals surface area contributed by atoms with Crippen LogP contribution >= 0.6 is 0 Å². The molecule has 1 aromatic carbocycles. The van der Waals surface area contributed by atoms with Gasteiger partial charge < -0.3 is 20.3 Å². The standard InChI is InChI=1S/C22H23F3N4O4/c1-33-18-10-16-13(11-29(28-16)14-7-5-12(6-8-14)21(31)32)9-17(18)27-20(30)15-3-2-4-19(26-15)22(23,24)25/h2-4,9-12,14,21,31-32H,5-8H2,1H3,(H,27,30). The lowest BCUT2D eigenvalue weighted by atomic mass is 9.86. The molecule has 0 radical (unpaired) electrons. The first-order chi connectivity index (χ1) is 15.7. The number of nitrogens with one attached hydrogen (secondary N) is 1. The molecule has 2 aromatic heterocycles. The van der Waals surface area contributed by atoms with Crippen LogP contribution in [0.15, 0.2) is 36.5 Å². The van der Waals surface area contributed by atoms with Gasteiger partial charge in [-0.3, -0.25) is 9.48 Å². The predicted molar refractivity (Wildman–Crippen MR) is 113 cm³/mol. The van der Waals surface area contributed by atoms with Gasteiger partial charge in [0.05, 0.1) is 24.4 Å². The van der Waals surface area contributed by atoms with Crippen molar-refractivity contribution >= 4 is 22.5 Å². The van der Waals surface area contributed by atoms with Gasteiger partial charge in [0.15, 0.2) is 6.29 Å². The number of pyridine rings is 1. The number of rotatable bonds is 5. The summed E-state index contributed by atoms with van der Waals surface area (Å²) in [7, 11) is 1.41. The lowest BCUT2D eigenvalue weighted by Gasteiger charge is -2.29. The summed E-state index contributed by atoms with van der Waals surface area (Å²) < 4.78 is 45.9. The van der Waals surface area contributed by atoms with Crippen LogP contribution in [0, 0.1) is 5.92 Å². The van der Waals surface area contributed by atoms with Crippen LogP contribution in [0.2, 0.25) is 0 Å². The van der Waals surface area contributed by atoms with Crippen LogP contribution in [0.3, 0.4) is 0 Å². The fourth-order valence-corrected chi connectivity index (χ4v) is 4.09. The number of ether oxygens (including phenoxy) is 1. The van der Waals surface area contributed by atoms with Crippen molar-refractivity contribution in [3.05, 3.63) is 47.9 Å². The molecule has 176 valence electrons. The van der Waals surface area contributed by atoms with E-state index in [1.165, 1.54) is 13.2 Å². The Balaban J connectivity index is 1.56. The van der Waals surface area contributed by atoms with E-state index in [9.17, 15) is 28.2 Å². The molecule has 11 heteroatoms. The van der Waals surface area contributed by atoms with E-state index in [4.69, 9.17) is 4.74 Å². The molecule has 1 amide bonds. The summed E-state index contributed by atoms with van der Waals surface area (Å²) in [6.45, 7) is 0. The number of nitrogens with zero attached hydrogens (tertiary/aromatic N) is 3. The summed E-state index contributed by atoms with van der Waals surface area (Å²) in [6.07, 6.45) is -1.30. The maximum Gasteiger partial charge on any atom is 0.433 e. The van der Waals surface area contributed by atoms with Crippen LogP contribution in [0.1, 0.15) is 47.9 Å². The van der Waals surface area contributed by atoms with Crippen molar-refractivity contribution in [3.8, 4) is 5.75 Å². The summed E-state index contributed by atoms with van der Waals surface area (Å²) in [5.74, 6) is -0.634. The highest BCUT2D eigenvalue weighted by Crippen LogP contribution is 2.36. The highest BCUT2D eigenvalue weighted by atomic mass is 19.4. The van der Waals surface area contributed by atoms with Gasteiger partial charge in [0, 0.05) is 23.6 Å². The number of halogens is 3. The quantitative estimate of drug-likeness (QED) is 0.496. The Hall–Kier alpha value is -3.18. The second kappa shape index (κ2) is 8.99. The number of carbonyl (C=O) groups is 1. The van der Waals surface area contributed by atoms with Crippen molar-refractivity contribution in [2.24, 2.45) is 5.92 Å². The number of fused-ring (bicyclic) bond motifs is 1. The molecule has 3 aromatic rings. The lowest BCUT2D eigenvalue weighted by molar-refractivity contribution is -0.141. The van der Waals surface area contributed by atoms with Gasteiger partial charge in [0.2, 0.25) is 0 Å². The van der Waals surface area contributed by atoms with E-state index in [2.05, 4.69) is 15.4 Å². The number of aliphatic hydroxyl groups excluding tert-OH is 1. The predicted octanol–water partition coefficient (Wildman–Crippen LogP) is 3.75. The molecule has 0 atom stereocenters. The number of amides is 1. The van der Waals surface area contributed by atoms with Gasteiger partial charge >= 0.3 is 6.18 Å². The first-order valence-electron chi connectivity index (χ1n) is 10.4. The van der Waals surface area contributed by atoms with Gasteiger partial charge in [-0.2, -0.15) is 18.3 Å². The summed E-state index contributed by atoms with van der Waals surface area (Å²) in [5.41, 5.74) is -0.611. The van der Waals surface area contributed by atoms with Crippen LogP contribution < -0.4 is 10.1 Å². The van der Waals surface area contributed by atoms with Gasteiger partial charge in [0.25, 0.3) is 5.91 Å². The Morgan fingerprint density at radius 3 is 2.58 bits per heavy atom. The van der Waals surface area contributed by atoms with Crippen molar-refractivity contribution in [2.45, 2.75) is 44.2 Å². The van der Waals surface area contributed by atoms with Crippen LogP contribution in [0.25, 0.3) is 10.9 Å². The molecule has 1 aliphatic carbocycles. The average Bonchev–Trinajstić information content (AvgIpc) is 3.21. The molecule has 1 aliphatic rings. The maximum absolute atomic E-state index is 12.9. The SMILES string of the molecule is COc1cc2nn(C3CCC(C(O)O)CC3)cc2cc1NC(=O)c1cccc(C(F)(F)F)n1. The number of aliphatic hydroxyl groups is 2. The molecule has 4 rings (SSSR count). The third-order valence-corrected chi connectivity index (χ3v) is 5.90. The monoisotopic (exact) mass is 464 g/mol. The van der Waals surface area contributed by atoms with Crippen molar-refractivity contribution in [1.82, 2.24) is 14.8 Å². The van der Waals surface area contributed by atoms with Gasteiger partial charge in [0.1, 0.15) is 17.1 Å². The van der Waals surface area contributed by atoms with Gasteiger partial charge in [-0.1, -0.05) is 6.07 Å². The molecule has 33 heavy (non-hydrogen) atoms. The Morgan fingerprint density at radius 2 is 1.94 bits per heavy atom. The maximum atomic E-state index is 12.9. The number of anilines is 1. The molecular formula is C22H23F3N4O4. The van der Waals surface area contributed by atoms with Crippen LogP contribution in [0.5, 0.6) is 5.75 Å². The third-order valence-electron chi connectivity index (χ3n) is 5.90. The van der Waals surface area contributed by atoms with Crippen molar-refractivity contribution < 1.29 is 32.9 Å². The number of benzene rings is 1. The van der Waals surface area contributed by atoms with Crippen molar-refractivity contribution in [2.75, 3.05) is 12.4 Å². The van der Waals surface area contributed by atoms with Crippen LogP contribution in [-0.2, 0) is 6.18 Å². The number of carbonyl (C=O) groups excluding carboxylic acids is 1. The molecule has 8 nitrogen and oxygen atoms in total. The number of methoxy groups -OCH3 is 1. The molecule has 3 N–H and O–H groups in total. The third kappa shape index (κ3) is 4.93. The smallest absolute Gasteiger partial charge is 0.433 e. The van der Waals surface area contributed by atoms with Crippen LogP contribution in [-0.4, -0.2) is 44.3 Å². The van der Waals surface area contributed by atoms with Crippen molar-refractivity contribution in [3.63, 3.8) is 0 Å². The Morgan fingerprint density at radius 1 is 1.21 bits per heavy atom. The van der Waals surface area contributed by atoms with Crippen molar-refractivity contribution in [1.29, 1.82) is 0 Å². The number of aromatic nitrogens is 3. The first kappa shape index (κ1) is 23.0. The fraction of sp³-hybridized carbons (Fsp3) is 0.409. The lowest BCUT2D eigenvalue weighted by Crippen LogP contribution is -2.26. The van der Waals surface area contributed by atoms with E-state index in [0.29, 0.717) is 29.5 Å². The van der Waals surface area contributed by atoms with E-state index in [1.807, 2.05) is 10.9 Å². The zero-order valence-corrected chi connectivity index (χ0v) is 17.7. The minimum atomic E-state index is -4.66. The molecule has 0 unspecified atom stereocenters. The molecule has 0 saturated heterocycles. The van der Waals surface area contributed by atoms with Gasteiger partial charge in [-0.15, -0.1) is 0 Å². The summed E-state index contributed by atoms with van der Waals surface area (Å²) >= 11 is 0.